The molecule has 0 spiro atoms. The van der Waals surface area contributed by atoms with E-state index in [1.165, 1.54) is 0 Å². The first kappa shape index (κ1) is 10.8. The third-order valence-corrected chi connectivity index (χ3v) is 2.38. The van der Waals surface area contributed by atoms with Crippen LogP contribution in [-0.4, -0.2) is 60.8 Å². The lowest BCUT2D eigenvalue weighted by molar-refractivity contribution is -0.167. The van der Waals surface area contributed by atoms with Gasteiger partial charge in [0, 0.05) is 32.6 Å². The molecule has 1 rings (SSSR count). The number of hydrogen-bond donors (Lipinski definition) is 1. The lowest BCUT2D eigenvalue weighted by Gasteiger charge is -2.37. The maximum absolute atomic E-state index is 13.2. The number of halogens is 2. The van der Waals surface area contributed by atoms with E-state index < -0.39 is 19.1 Å². The first-order valence-corrected chi connectivity index (χ1v) is 4.48. The van der Waals surface area contributed by atoms with Gasteiger partial charge in [-0.1, -0.05) is 0 Å². The summed E-state index contributed by atoms with van der Waals surface area (Å²) in [5.41, 5.74) is 0. The minimum absolute atomic E-state index is 0.378. The van der Waals surface area contributed by atoms with Gasteiger partial charge in [-0.3, -0.25) is 0 Å². The van der Waals surface area contributed by atoms with Crippen LogP contribution in [-0.2, 0) is 0 Å². The zero-order chi connectivity index (χ0) is 9.90. The normalized spacial score (nSPS) is 22.2. The van der Waals surface area contributed by atoms with E-state index in [0.717, 1.165) is 4.90 Å². The fraction of sp³-hybridized carbons (Fsp3) is 1.00. The van der Waals surface area contributed by atoms with Crippen LogP contribution >= 0.6 is 0 Å². The molecule has 5 heteroatoms. The molecule has 1 saturated heterocycles. The van der Waals surface area contributed by atoms with Crippen molar-refractivity contribution in [3.63, 3.8) is 0 Å². The maximum Gasteiger partial charge on any atom is 0.307 e. The van der Waals surface area contributed by atoms with Crippen molar-refractivity contribution in [2.24, 2.45) is 0 Å². The Hall–Kier alpha value is -0.260. The van der Waals surface area contributed by atoms with Gasteiger partial charge < -0.3 is 10.0 Å². The van der Waals surface area contributed by atoms with Gasteiger partial charge >= 0.3 is 6.05 Å². The van der Waals surface area contributed by atoms with Crippen LogP contribution in [0.5, 0.6) is 0 Å². The third-order valence-electron chi connectivity index (χ3n) is 2.38. The summed E-state index contributed by atoms with van der Waals surface area (Å²) in [6, 6.07) is -2.84. The van der Waals surface area contributed by atoms with Gasteiger partial charge in [0.05, 0.1) is 6.61 Å². The van der Waals surface area contributed by atoms with Gasteiger partial charge in [0.25, 0.3) is 0 Å². The molecule has 0 aromatic rings. The molecule has 0 saturated carbocycles. The number of aliphatic hydroxyl groups excluding tert-OH is 1. The van der Waals surface area contributed by atoms with Crippen LogP contribution in [0.25, 0.3) is 0 Å². The number of likely N-dealkylation sites (N-methyl/N-ethyl adjacent to an activating group) is 1. The lowest BCUT2D eigenvalue weighted by atomic mass is 10.2. The Labute approximate surface area is 76.9 Å². The highest BCUT2D eigenvalue weighted by atomic mass is 19.3. The van der Waals surface area contributed by atoms with Crippen LogP contribution in [0, 0.1) is 0 Å². The van der Waals surface area contributed by atoms with Crippen LogP contribution in [0.15, 0.2) is 0 Å². The molecule has 1 N–H and O–H groups in total. The highest BCUT2D eigenvalue weighted by molar-refractivity contribution is 4.76. The second-order valence-electron chi connectivity index (χ2n) is 3.43. The summed E-state index contributed by atoms with van der Waals surface area (Å²) in [6.07, 6.45) is -0.462. The van der Waals surface area contributed by atoms with E-state index in [1.54, 1.807) is 0 Å². The van der Waals surface area contributed by atoms with E-state index in [4.69, 9.17) is 5.11 Å². The Morgan fingerprint density at radius 2 is 1.77 bits per heavy atom. The second-order valence-corrected chi connectivity index (χ2v) is 3.43. The third kappa shape index (κ3) is 2.86. The molecule has 1 fully saturated rings. The topological polar surface area (TPSA) is 26.7 Å². The highest BCUT2D eigenvalue weighted by Gasteiger charge is 2.37. The molecule has 0 aromatic carbocycles. The standard InChI is InChI=1S/C8H16F2N2O/c1-11-3-5-12(6-4-11)8(9,10)2-7-13/h13H,2-7H2,1H3. The smallest absolute Gasteiger partial charge is 0.307 e. The molecule has 1 aliphatic rings. The Morgan fingerprint density at radius 1 is 1.23 bits per heavy atom. The molecule has 0 radical (unpaired) electrons. The number of piperazine rings is 1. The van der Waals surface area contributed by atoms with Crippen molar-refractivity contribution in [3.8, 4) is 0 Å². The van der Waals surface area contributed by atoms with Gasteiger partial charge in [-0.25, -0.2) is 4.90 Å². The largest absolute Gasteiger partial charge is 0.396 e. The zero-order valence-corrected chi connectivity index (χ0v) is 7.84. The molecule has 0 bridgehead atoms. The average molecular weight is 194 g/mol. The molecular formula is C8H16F2N2O. The Kier molecular flexibility index (Phi) is 3.58. The van der Waals surface area contributed by atoms with Gasteiger partial charge in [0.15, 0.2) is 0 Å². The first-order chi connectivity index (χ1) is 6.06. The van der Waals surface area contributed by atoms with E-state index in [-0.39, 0.29) is 0 Å². The fourth-order valence-corrected chi connectivity index (χ4v) is 1.43. The molecule has 0 atom stereocenters. The quantitative estimate of drug-likeness (QED) is 0.651. The van der Waals surface area contributed by atoms with Crippen molar-refractivity contribution in [2.75, 3.05) is 39.8 Å². The Balaban J connectivity index is 2.42. The lowest BCUT2D eigenvalue weighted by Crippen LogP contribution is -2.52. The Bertz CT molecular complexity index is 158. The molecule has 0 unspecified atom stereocenters. The predicted octanol–water partition coefficient (Wildman–Crippen LogP) is 0.209. The number of alkyl halides is 2. The summed E-state index contributed by atoms with van der Waals surface area (Å²) in [5.74, 6) is 0. The first-order valence-electron chi connectivity index (χ1n) is 4.48. The highest BCUT2D eigenvalue weighted by Crippen LogP contribution is 2.24. The van der Waals surface area contributed by atoms with Crippen molar-refractivity contribution < 1.29 is 13.9 Å². The van der Waals surface area contributed by atoms with Crippen LogP contribution < -0.4 is 0 Å². The summed E-state index contributed by atoms with van der Waals surface area (Å²) in [5, 5.41) is 8.47. The van der Waals surface area contributed by atoms with Gasteiger partial charge in [0.1, 0.15) is 0 Å². The number of nitrogens with zero attached hydrogens (tertiary/aromatic N) is 2. The maximum atomic E-state index is 13.2. The van der Waals surface area contributed by atoms with Crippen molar-refractivity contribution in [1.82, 2.24) is 9.80 Å². The Morgan fingerprint density at radius 3 is 2.23 bits per heavy atom. The minimum atomic E-state index is -2.84. The molecule has 13 heavy (non-hydrogen) atoms. The van der Waals surface area contributed by atoms with E-state index in [2.05, 4.69) is 0 Å². The van der Waals surface area contributed by atoms with Gasteiger partial charge in [-0.2, -0.15) is 8.78 Å². The second kappa shape index (κ2) is 4.30. The molecule has 78 valence electrons. The average Bonchev–Trinajstić information content (AvgIpc) is 2.05. The molecule has 0 aromatic heterocycles. The summed E-state index contributed by atoms with van der Waals surface area (Å²) >= 11 is 0. The molecule has 3 nitrogen and oxygen atoms in total. The van der Waals surface area contributed by atoms with Crippen molar-refractivity contribution >= 4 is 0 Å². The SMILES string of the molecule is CN1CCN(C(F)(F)CCO)CC1. The van der Waals surface area contributed by atoms with Gasteiger partial charge in [-0.05, 0) is 7.05 Å². The molecule has 0 amide bonds. The van der Waals surface area contributed by atoms with E-state index >= 15 is 0 Å². The number of hydrogen-bond acceptors (Lipinski definition) is 3. The van der Waals surface area contributed by atoms with E-state index in [9.17, 15) is 8.78 Å². The van der Waals surface area contributed by atoms with Crippen molar-refractivity contribution in [3.05, 3.63) is 0 Å². The zero-order valence-electron chi connectivity index (χ0n) is 7.84. The van der Waals surface area contributed by atoms with Crippen molar-refractivity contribution in [2.45, 2.75) is 12.5 Å². The molecule has 0 aliphatic carbocycles. The van der Waals surface area contributed by atoms with Crippen molar-refractivity contribution in [1.29, 1.82) is 0 Å². The summed E-state index contributed by atoms with van der Waals surface area (Å²) < 4.78 is 26.4. The number of aliphatic hydroxyl groups is 1. The summed E-state index contributed by atoms with van der Waals surface area (Å²) in [4.78, 5) is 3.16. The van der Waals surface area contributed by atoms with Crippen LogP contribution in [0.3, 0.4) is 0 Å². The fourth-order valence-electron chi connectivity index (χ4n) is 1.43. The van der Waals surface area contributed by atoms with Crippen LogP contribution in [0.1, 0.15) is 6.42 Å². The minimum Gasteiger partial charge on any atom is -0.396 e. The summed E-state index contributed by atoms with van der Waals surface area (Å²) in [7, 11) is 1.92. The van der Waals surface area contributed by atoms with E-state index in [1.807, 2.05) is 11.9 Å². The molecular weight excluding hydrogens is 178 g/mol. The number of rotatable bonds is 3. The van der Waals surface area contributed by atoms with Gasteiger partial charge in [-0.15, -0.1) is 0 Å². The molecule has 1 heterocycles. The summed E-state index contributed by atoms with van der Waals surface area (Å²) in [6.45, 7) is 1.63. The monoisotopic (exact) mass is 194 g/mol. The van der Waals surface area contributed by atoms with Crippen LogP contribution in [0.4, 0.5) is 8.78 Å². The van der Waals surface area contributed by atoms with Gasteiger partial charge in [0.2, 0.25) is 0 Å². The van der Waals surface area contributed by atoms with Crippen LogP contribution in [0.2, 0.25) is 0 Å². The van der Waals surface area contributed by atoms with E-state index in [0.29, 0.717) is 26.2 Å². The molecule has 1 aliphatic heterocycles. The predicted molar refractivity (Wildman–Crippen MR) is 45.7 cm³/mol.